The molecule has 0 aromatic carbocycles. The van der Waals surface area contributed by atoms with Crippen molar-refractivity contribution < 1.29 is 27.8 Å². The molecule has 0 aliphatic rings. The maximum absolute atomic E-state index is 12.2. The van der Waals surface area contributed by atoms with Gasteiger partial charge in [-0.25, -0.2) is 4.79 Å². The van der Waals surface area contributed by atoms with Crippen LogP contribution in [-0.2, 0) is 11.8 Å². The van der Waals surface area contributed by atoms with Gasteiger partial charge >= 0.3 is 12.1 Å². The van der Waals surface area contributed by atoms with E-state index in [2.05, 4.69) is 9.84 Å². The van der Waals surface area contributed by atoms with Crippen molar-refractivity contribution in [2.24, 2.45) is 7.05 Å². The number of esters is 1. The van der Waals surface area contributed by atoms with Crippen molar-refractivity contribution in [3.05, 3.63) is 17.5 Å². The normalized spacial score (nSPS) is 13.6. The molecule has 16 heavy (non-hydrogen) atoms. The minimum absolute atomic E-state index is 0.289. The van der Waals surface area contributed by atoms with Crippen molar-refractivity contribution in [3.8, 4) is 0 Å². The van der Waals surface area contributed by atoms with Crippen LogP contribution in [0.4, 0.5) is 13.2 Å². The minimum atomic E-state index is -4.80. The maximum atomic E-state index is 12.2. The minimum Gasteiger partial charge on any atom is -0.464 e. The van der Waals surface area contributed by atoms with Crippen LogP contribution in [-0.4, -0.2) is 34.1 Å². The number of aromatic nitrogens is 2. The lowest BCUT2D eigenvalue weighted by Gasteiger charge is -2.13. The van der Waals surface area contributed by atoms with Crippen LogP contribution in [0.1, 0.15) is 22.3 Å². The molecule has 8 heteroatoms. The Morgan fingerprint density at radius 1 is 1.62 bits per heavy atom. The summed E-state index contributed by atoms with van der Waals surface area (Å²) < 4.78 is 41.7. The Morgan fingerprint density at radius 2 is 2.19 bits per heavy atom. The molecular formula is C8H9F3N2O3. The first-order valence-corrected chi connectivity index (χ1v) is 4.14. The number of hydrogen-bond acceptors (Lipinski definition) is 4. The number of carbonyl (C=O) groups is 1. The third-order valence-electron chi connectivity index (χ3n) is 1.90. The van der Waals surface area contributed by atoms with Gasteiger partial charge in [0.2, 0.25) is 0 Å². The van der Waals surface area contributed by atoms with Crippen LogP contribution in [0.2, 0.25) is 0 Å². The van der Waals surface area contributed by atoms with Gasteiger partial charge in [-0.2, -0.15) is 18.3 Å². The molecule has 0 fully saturated rings. The molecule has 0 saturated carbocycles. The highest BCUT2D eigenvalue weighted by molar-refractivity contribution is 5.87. The maximum Gasteiger partial charge on any atom is 0.420 e. The second-order valence-corrected chi connectivity index (χ2v) is 3.01. The number of aliphatic hydroxyl groups excluding tert-OH is 1. The van der Waals surface area contributed by atoms with Crippen LogP contribution in [0.25, 0.3) is 0 Å². The number of aliphatic hydroxyl groups is 1. The summed E-state index contributed by atoms with van der Waals surface area (Å²) in [5, 5.41) is 12.5. The molecule has 1 aromatic heterocycles. The summed E-state index contributed by atoms with van der Waals surface area (Å²) in [6.45, 7) is 0. The third-order valence-corrected chi connectivity index (χ3v) is 1.90. The molecule has 1 N–H and O–H groups in total. The Labute approximate surface area is 88.4 Å². The first-order chi connectivity index (χ1) is 7.27. The quantitative estimate of drug-likeness (QED) is 0.774. The first-order valence-electron chi connectivity index (χ1n) is 4.14. The number of aryl methyl sites for hydroxylation is 1. The lowest BCUT2D eigenvalue weighted by molar-refractivity contribution is -0.208. The zero-order valence-corrected chi connectivity index (χ0v) is 8.45. The van der Waals surface area contributed by atoms with Crippen molar-refractivity contribution in [2.45, 2.75) is 12.3 Å². The van der Waals surface area contributed by atoms with Crippen LogP contribution >= 0.6 is 0 Å². The topological polar surface area (TPSA) is 64.3 Å². The fraction of sp³-hybridized carbons (Fsp3) is 0.500. The Morgan fingerprint density at radius 3 is 2.62 bits per heavy atom. The number of halogens is 3. The predicted molar refractivity (Wildman–Crippen MR) is 45.6 cm³/mol. The highest BCUT2D eigenvalue weighted by Gasteiger charge is 2.41. The van der Waals surface area contributed by atoms with Crippen LogP contribution in [0, 0.1) is 0 Å². The molecule has 1 heterocycles. The van der Waals surface area contributed by atoms with E-state index in [9.17, 15) is 18.0 Å². The molecular weight excluding hydrogens is 229 g/mol. The lowest BCUT2D eigenvalue weighted by Crippen LogP contribution is -2.22. The summed E-state index contributed by atoms with van der Waals surface area (Å²) in [7, 11) is 2.27. The smallest absolute Gasteiger partial charge is 0.420 e. The average Bonchev–Trinajstić information content (AvgIpc) is 2.56. The van der Waals surface area contributed by atoms with E-state index in [1.54, 1.807) is 0 Å². The number of rotatable bonds is 2. The largest absolute Gasteiger partial charge is 0.464 e. The molecule has 0 amide bonds. The van der Waals surface area contributed by atoms with Crippen LogP contribution < -0.4 is 0 Å². The van der Waals surface area contributed by atoms with Gasteiger partial charge in [0.05, 0.1) is 12.8 Å². The van der Waals surface area contributed by atoms with Crippen LogP contribution in [0.15, 0.2) is 6.07 Å². The van der Waals surface area contributed by atoms with Gasteiger partial charge in [-0.3, -0.25) is 4.68 Å². The van der Waals surface area contributed by atoms with Crippen molar-refractivity contribution in [3.63, 3.8) is 0 Å². The van der Waals surface area contributed by atoms with Crippen molar-refractivity contribution in [2.75, 3.05) is 7.11 Å². The van der Waals surface area contributed by atoms with Crippen molar-refractivity contribution in [1.82, 2.24) is 9.78 Å². The van der Waals surface area contributed by atoms with E-state index in [0.29, 0.717) is 0 Å². The van der Waals surface area contributed by atoms with Gasteiger partial charge in [-0.1, -0.05) is 0 Å². The predicted octanol–water partition coefficient (Wildman–Crippen LogP) is 0.802. The standard InChI is InChI=1S/C8H9F3N2O3/c1-13-5(6(14)8(9,10)11)3-4(12-13)7(15)16-2/h3,6,14H,1-2H3/t6-/m0/s1. The van der Waals surface area contributed by atoms with Gasteiger partial charge in [-0.05, 0) is 6.07 Å². The Bertz CT molecular complexity index is 400. The van der Waals surface area contributed by atoms with E-state index in [1.165, 1.54) is 7.05 Å². The number of alkyl halides is 3. The zero-order chi connectivity index (χ0) is 12.5. The molecule has 90 valence electrons. The Hall–Kier alpha value is -1.57. The fourth-order valence-electron chi connectivity index (χ4n) is 1.11. The van der Waals surface area contributed by atoms with Crippen LogP contribution in [0.5, 0.6) is 0 Å². The molecule has 0 bridgehead atoms. The van der Waals surface area contributed by atoms with Gasteiger partial charge in [0.25, 0.3) is 0 Å². The van der Waals surface area contributed by atoms with Crippen LogP contribution in [0.3, 0.4) is 0 Å². The number of methoxy groups -OCH3 is 1. The van der Waals surface area contributed by atoms with Gasteiger partial charge in [0.15, 0.2) is 11.8 Å². The molecule has 5 nitrogen and oxygen atoms in total. The van der Waals surface area contributed by atoms with E-state index >= 15 is 0 Å². The highest BCUT2D eigenvalue weighted by Crippen LogP contribution is 2.32. The molecule has 1 rings (SSSR count). The van der Waals surface area contributed by atoms with Crippen molar-refractivity contribution in [1.29, 1.82) is 0 Å². The SMILES string of the molecule is COC(=O)c1cc([C@H](O)C(F)(F)F)n(C)n1. The zero-order valence-electron chi connectivity index (χ0n) is 8.45. The second-order valence-electron chi connectivity index (χ2n) is 3.01. The molecule has 0 unspecified atom stereocenters. The van der Waals surface area contributed by atoms with E-state index < -0.39 is 23.9 Å². The third kappa shape index (κ3) is 2.32. The summed E-state index contributed by atoms with van der Waals surface area (Å²) >= 11 is 0. The summed E-state index contributed by atoms with van der Waals surface area (Å²) in [6, 6.07) is 0.837. The molecule has 0 radical (unpaired) electrons. The van der Waals surface area contributed by atoms with Gasteiger partial charge in [0, 0.05) is 7.05 Å². The first kappa shape index (κ1) is 12.5. The second kappa shape index (κ2) is 4.12. The number of carbonyl (C=O) groups excluding carboxylic acids is 1. The number of nitrogens with zero attached hydrogens (tertiary/aromatic N) is 2. The van der Waals surface area contributed by atoms with E-state index in [4.69, 9.17) is 5.11 Å². The Kier molecular flexibility index (Phi) is 3.22. The molecule has 1 aromatic rings. The summed E-state index contributed by atoms with van der Waals surface area (Å²) in [4.78, 5) is 11.0. The van der Waals surface area contributed by atoms with Gasteiger partial charge in [-0.15, -0.1) is 0 Å². The summed E-state index contributed by atoms with van der Waals surface area (Å²) in [5.74, 6) is -0.865. The lowest BCUT2D eigenvalue weighted by atomic mass is 10.2. The monoisotopic (exact) mass is 238 g/mol. The number of ether oxygens (including phenoxy) is 1. The van der Waals surface area contributed by atoms with Gasteiger partial charge < -0.3 is 9.84 Å². The van der Waals surface area contributed by atoms with E-state index in [-0.39, 0.29) is 5.69 Å². The molecule has 1 atom stereocenters. The van der Waals surface area contributed by atoms with E-state index in [1.807, 2.05) is 0 Å². The molecule has 0 aliphatic carbocycles. The van der Waals surface area contributed by atoms with Gasteiger partial charge in [0.1, 0.15) is 0 Å². The highest BCUT2D eigenvalue weighted by atomic mass is 19.4. The molecule has 0 aliphatic heterocycles. The number of hydrogen-bond donors (Lipinski definition) is 1. The molecule has 0 spiro atoms. The summed E-state index contributed by atoms with van der Waals surface area (Å²) in [6.07, 6.45) is -7.48. The summed E-state index contributed by atoms with van der Waals surface area (Å²) in [5.41, 5.74) is -0.809. The van der Waals surface area contributed by atoms with E-state index in [0.717, 1.165) is 17.9 Å². The fourth-order valence-corrected chi connectivity index (χ4v) is 1.11. The van der Waals surface area contributed by atoms with Crippen molar-refractivity contribution >= 4 is 5.97 Å². The Balaban J connectivity index is 3.07. The molecule has 0 saturated heterocycles. The average molecular weight is 238 g/mol.